The average Bonchev–Trinajstić information content (AvgIpc) is 3.06. The molecule has 3 N–H and O–H groups in total. The highest BCUT2D eigenvalue weighted by Crippen LogP contribution is 2.39. The molecule has 3 heterocycles. The Morgan fingerprint density at radius 2 is 1.89 bits per heavy atom. The quantitative estimate of drug-likeness (QED) is 0.456. The zero-order valence-electron chi connectivity index (χ0n) is 21.9. The monoisotopic (exact) mass is 531 g/mol. The summed E-state index contributed by atoms with van der Waals surface area (Å²) in [4.78, 5) is 19.5. The van der Waals surface area contributed by atoms with Crippen molar-refractivity contribution in [3.63, 3.8) is 0 Å². The molecule has 6 nitrogen and oxygen atoms in total. The molecular weight excluding hydrogens is 498 g/mol. The summed E-state index contributed by atoms with van der Waals surface area (Å²) in [7, 11) is 0. The topological polar surface area (TPSA) is 88.7 Å². The lowest BCUT2D eigenvalue weighted by atomic mass is 9.72. The van der Waals surface area contributed by atoms with E-state index in [0.29, 0.717) is 24.5 Å². The standard InChI is InChI=1S/C31H34ClN3O3/c1-30(2,37)22-9-12-28-26(19-22)24(25-5-3-15-34-27(25)20-38-28)6-4-16-35-17-13-31(14-18-35,29(33)36)21-7-10-23(32)11-8-21/h3,5-12,15,19,37H,4,13-14,16-18,20H2,1-2H3,(H2,33,36)/b24-6-. The number of rotatable bonds is 6. The van der Waals surface area contributed by atoms with Crippen LogP contribution in [0.15, 0.2) is 66.9 Å². The summed E-state index contributed by atoms with van der Waals surface area (Å²) < 4.78 is 6.12. The van der Waals surface area contributed by atoms with Gasteiger partial charge in [-0.3, -0.25) is 9.78 Å². The molecule has 198 valence electrons. The molecule has 1 saturated heterocycles. The number of piperidine rings is 1. The van der Waals surface area contributed by atoms with Gasteiger partial charge in [-0.1, -0.05) is 41.9 Å². The van der Waals surface area contributed by atoms with E-state index in [9.17, 15) is 9.90 Å². The zero-order valence-corrected chi connectivity index (χ0v) is 22.7. The predicted octanol–water partition coefficient (Wildman–Crippen LogP) is 5.20. The van der Waals surface area contributed by atoms with Gasteiger partial charge in [0.15, 0.2) is 0 Å². The second kappa shape index (κ2) is 10.5. The summed E-state index contributed by atoms with van der Waals surface area (Å²) in [5, 5.41) is 11.3. The molecule has 1 aromatic heterocycles. The Hall–Kier alpha value is -3.19. The number of aliphatic hydroxyl groups is 1. The van der Waals surface area contributed by atoms with Crippen LogP contribution in [0.3, 0.4) is 0 Å². The number of primary amides is 1. The molecule has 0 unspecified atom stereocenters. The third-order valence-electron chi connectivity index (χ3n) is 7.89. The molecule has 3 aromatic rings. The molecule has 1 fully saturated rings. The first kappa shape index (κ1) is 26.4. The summed E-state index contributed by atoms with van der Waals surface area (Å²) in [6, 6.07) is 17.4. The maximum Gasteiger partial charge on any atom is 0.228 e. The van der Waals surface area contributed by atoms with Crippen LogP contribution < -0.4 is 10.5 Å². The van der Waals surface area contributed by atoms with Gasteiger partial charge in [-0.15, -0.1) is 0 Å². The fourth-order valence-corrected chi connectivity index (χ4v) is 5.68. The number of amides is 1. The Morgan fingerprint density at radius 1 is 1.16 bits per heavy atom. The Balaban J connectivity index is 1.36. The van der Waals surface area contributed by atoms with Gasteiger partial charge in [0.2, 0.25) is 5.91 Å². The van der Waals surface area contributed by atoms with Crippen molar-refractivity contribution in [3.8, 4) is 5.75 Å². The van der Waals surface area contributed by atoms with Crippen LogP contribution in [0.2, 0.25) is 5.02 Å². The molecular formula is C31H34ClN3O3. The van der Waals surface area contributed by atoms with E-state index in [-0.39, 0.29) is 5.91 Å². The number of fused-ring (bicyclic) bond motifs is 2. The number of halogens is 1. The summed E-state index contributed by atoms with van der Waals surface area (Å²) >= 11 is 6.07. The first-order chi connectivity index (χ1) is 18.2. The third kappa shape index (κ3) is 5.21. The van der Waals surface area contributed by atoms with E-state index in [4.69, 9.17) is 22.1 Å². The van der Waals surface area contributed by atoms with Gasteiger partial charge in [-0.2, -0.15) is 0 Å². The molecule has 2 aliphatic heterocycles. The fourth-order valence-electron chi connectivity index (χ4n) is 5.55. The number of likely N-dealkylation sites (tertiary alicyclic amines) is 1. The SMILES string of the molecule is CC(C)(O)c1ccc2c(c1)/C(=C\CCN1CCC(C(N)=O)(c3ccc(Cl)cc3)CC1)c1cccnc1CO2. The van der Waals surface area contributed by atoms with E-state index in [2.05, 4.69) is 22.0 Å². The zero-order chi connectivity index (χ0) is 26.9. The lowest BCUT2D eigenvalue weighted by Gasteiger charge is -2.40. The highest BCUT2D eigenvalue weighted by molar-refractivity contribution is 6.30. The van der Waals surface area contributed by atoms with E-state index in [1.807, 2.05) is 48.5 Å². The largest absolute Gasteiger partial charge is 0.487 e. The van der Waals surface area contributed by atoms with Crippen molar-refractivity contribution < 1.29 is 14.6 Å². The highest BCUT2D eigenvalue weighted by atomic mass is 35.5. The first-order valence-corrected chi connectivity index (χ1v) is 13.5. The number of nitrogens with two attached hydrogens (primary N) is 1. The number of carbonyl (C=O) groups excluding carboxylic acids is 1. The fraction of sp³-hybridized carbons (Fsp3) is 0.355. The van der Waals surface area contributed by atoms with Gasteiger partial charge in [0.1, 0.15) is 12.4 Å². The lowest BCUT2D eigenvalue weighted by molar-refractivity contribution is -0.125. The second-order valence-electron chi connectivity index (χ2n) is 10.8. The molecule has 0 bridgehead atoms. The van der Waals surface area contributed by atoms with Crippen molar-refractivity contribution in [1.82, 2.24) is 9.88 Å². The van der Waals surface area contributed by atoms with Crippen molar-refractivity contribution in [3.05, 3.63) is 99.8 Å². The molecule has 0 spiro atoms. The molecule has 2 aliphatic rings. The Morgan fingerprint density at radius 3 is 2.58 bits per heavy atom. The molecule has 38 heavy (non-hydrogen) atoms. The van der Waals surface area contributed by atoms with Crippen molar-refractivity contribution in [2.24, 2.45) is 5.73 Å². The van der Waals surface area contributed by atoms with E-state index in [1.54, 1.807) is 20.0 Å². The Labute approximate surface area is 229 Å². The van der Waals surface area contributed by atoms with Crippen LogP contribution in [-0.4, -0.2) is 40.5 Å². The van der Waals surface area contributed by atoms with Gasteiger partial charge in [-0.25, -0.2) is 0 Å². The third-order valence-corrected chi connectivity index (χ3v) is 8.14. The summed E-state index contributed by atoms with van der Waals surface area (Å²) in [6.07, 6.45) is 6.22. The van der Waals surface area contributed by atoms with Gasteiger partial charge >= 0.3 is 0 Å². The van der Waals surface area contributed by atoms with E-state index in [1.165, 1.54) is 0 Å². The number of benzene rings is 2. The van der Waals surface area contributed by atoms with Crippen molar-refractivity contribution in [1.29, 1.82) is 0 Å². The minimum absolute atomic E-state index is 0.275. The molecule has 1 amide bonds. The molecule has 5 rings (SSSR count). The molecule has 7 heteroatoms. The van der Waals surface area contributed by atoms with Crippen LogP contribution in [0, 0.1) is 0 Å². The van der Waals surface area contributed by atoms with Crippen LogP contribution in [0.5, 0.6) is 5.75 Å². The van der Waals surface area contributed by atoms with Gasteiger partial charge in [0.25, 0.3) is 0 Å². The molecule has 0 saturated carbocycles. The molecule has 0 radical (unpaired) electrons. The van der Waals surface area contributed by atoms with Crippen LogP contribution >= 0.6 is 11.6 Å². The molecule has 0 aliphatic carbocycles. The van der Waals surface area contributed by atoms with Crippen molar-refractivity contribution in [2.75, 3.05) is 19.6 Å². The van der Waals surface area contributed by atoms with E-state index < -0.39 is 11.0 Å². The van der Waals surface area contributed by atoms with E-state index >= 15 is 0 Å². The minimum Gasteiger partial charge on any atom is -0.487 e. The minimum atomic E-state index is -0.963. The average molecular weight is 532 g/mol. The number of ether oxygens (including phenoxy) is 1. The van der Waals surface area contributed by atoms with Crippen molar-refractivity contribution in [2.45, 2.75) is 50.7 Å². The predicted molar refractivity (Wildman–Crippen MR) is 150 cm³/mol. The summed E-state index contributed by atoms with van der Waals surface area (Å²) in [5.74, 6) is 0.512. The Kier molecular flexibility index (Phi) is 7.32. The lowest BCUT2D eigenvalue weighted by Crippen LogP contribution is -2.50. The number of aromatic nitrogens is 1. The highest BCUT2D eigenvalue weighted by Gasteiger charge is 2.41. The first-order valence-electron chi connectivity index (χ1n) is 13.1. The smallest absolute Gasteiger partial charge is 0.228 e. The van der Waals surface area contributed by atoms with Gasteiger partial charge < -0.3 is 20.5 Å². The van der Waals surface area contributed by atoms with Crippen LogP contribution in [0.25, 0.3) is 5.57 Å². The van der Waals surface area contributed by atoms with Crippen molar-refractivity contribution >= 4 is 23.1 Å². The van der Waals surface area contributed by atoms with Gasteiger partial charge in [0, 0.05) is 28.9 Å². The second-order valence-corrected chi connectivity index (χ2v) is 11.2. The van der Waals surface area contributed by atoms with Gasteiger partial charge in [0.05, 0.1) is 16.7 Å². The maximum absolute atomic E-state index is 12.6. The number of carbonyl (C=O) groups is 1. The summed E-state index contributed by atoms with van der Waals surface area (Å²) in [5.41, 5.74) is 10.1. The normalized spacial score (nSPS) is 18.3. The van der Waals surface area contributed by atoms with E-state index in [0.717, 1.165) is 65.3 Å². The number of hydrogen-bond acceptors (Lipinski definition) is 5. The van der Waals surface area contributed by atoms with Gasteiger partial charge in [-0.05, 0) is 93.2 Å². The summed E-state index contributed by atoms with van der Waals surface area (Å²) in [6.45, 7) is 6.41. The van der Waals surface area contributed by atoms with Crippen LogP contribution in [-0.2, 0) is 22.4 Å². The Bertz CT molecular complexity index is 1350. The van der Waals surface area contributed by atoms with Crippen LogP contribution in [0.1, 0.15) is 61.1 Å². The number of pyridine rings is 1. The van der Waals surface area contributed by atoms with Crippen LogP contribution in [0.4, 0.5) is 0 Å². The maximum atomic E-state index is 12.6. The number of hydrogen-bond donors (Lipinski definition) is 2. The molecule has 0 atom stereocenters. The number of nitrogens with zero attached hydrogens (tertiary/aromatic N) is 2. The molecule has 2 aromatic carbocycles.